The van der Waals surface area contributed by atoms with Crippen LogP contribution in [0.5, 0.6) is 0 Å². The van der Waals surface area contributed by atoms with Crippen LogP contribution in [0, 0.1) is 0 Å². The first kappa shape index (κ1) is 11.5. The van der Waals surface area contributed by atoms with Crippen LogP contribution >= 0.6 is 11.8 Å². The first-order chi connectivity index (χ1) is 8.29. The molecule has 0 aliphatic rings. The number of aromatic nitrogens is 3. The lowest BCUT2D eigenvalue weighted by atomic mass is 10.3. The molecular weight excluding hydrogens is 238 g/mol. The lowest BCUT2D eigenvalue weighted by Gasteiger charge is -2.02. The molecule has 0 amide bonds. The van der Waals surface area contributed by atoms with Gasteiger partial charge in [0, 0.05) is 12.4 Å². The van der Waals surface area contributed by atoms with Crippen molar-refractivity contribution in [3.63, 3.8) is 0 Å². The van der Waals surface area contributed by atoms with Gasteiger partial charge in [-0.05, 0) is 30.0 Å². The van der Waals surface area contributed by atoms with Crippen LogP contribution in [-0.4, -0.2) is 28.0 Å². The van der Waals surface area contributed by atoms with E-state index < -0.39 is 0 Å². The van der Waals surface area contributed by atoms with Crippen molar-refractivity contribution in [2.75, 3.05) is 7.11 Å². The summed E-state index contributed by atoms with van der Waals surface area (Å²) in [6.07, 6.45) is 4.68. The zero-order chi connectivity index (χ0) is 12.1. The number of carbonyl (C=O) groups excluding carboxylic acids is 1. The molecule has 0 radical (unpaired) electrons. The number of carbonyl (C=O) groups is 1. The largest absolute Gasteiger partial charge is 0.465 e. The Bertz CT molecular complexity index is 519. The quantitative estimate of drug-likeness (QED) is 0.608. The van der Waals surface area contributed by atoms with E-state index in [1.165, 1.54) is 25.2 Å². The molecule has 2 aromatic heterocycles. The molecule has 0 bridgehead atoms. The molecule has 2 heterocycles. The van der Waals surface area contributed by atoms with Crippen LogP contribution in [0.25, 0.3) is 0 Å². The van der Waals surface area contributed by atoms with E-state index >= 15 is 0 Å². The van der Waals surface area contributed by atoms with E-state index in [9.17, 15) is 4.79 Å². The minimum atomic E-state index is -0.378. The van der Waals surface area contributed by atoms with E-state index in [1.807, 2.05) is 0 Å². The monoisotopic (exact) mass is 247 g/mol. The normalized spacial score (nSPS) is 9.94. The third kappa shape index (κ3) is 3.01. The Morgan fingerprint density at radius 3 is 2.82 bits per heavy atom. The summed E-state index contributed by atoms with van der Waals surface area (Å²) < 4.78 is 4.64. The van der Waals surface area contributed by atoms with Crippen molar-refractivity contribution < 1.29 is 9.53 Å². The summed E-state index contributed by atoms with van der Waals surface area (Å²) in [4.78, 5) is 23.4. The van der Waals surface area contributed by atoms with Gasteiger partial charge in [-0.2, -0.15) is 0 Å². The van der Waals surface area contributed by atoms with Gasteiger partial charge in [-0.25, -0.2) is 19.7 Å². The van der Waals surface area contributed by atoms with Gasteiger partial charge in [-0.1, -0.05) is 0 Å². The van der Waals surface area contributed by atoms with Gasteiger partial charge in [0.1, 0.15) is 16.4 Å². The van der Waals surface area contributed by atoms with Crippen LogP contribution in [-0.2, 0) is 4.74 Å². The molecule has 0 spiro atoms. The van der Waals surface area contributed by atoms with Crippen molar-refractivity contribution in [1.29, 1.82) is 0 Å². The first-order valence-corrected chi connectivity index (χ1v) is 5.59. The molecular formula is C11H9N3O2S. The molecule has 17 heavy (non-hydrogen) atoms. The van der Waals surface area contributed by atoms with E-state index in [0.717, 1.165) is 5.03 Å². The second-order valence-corrected chi connectivity index (χ2v) is 4.06. The van der Waals surface area contributed by atoms with Crippen molar-refractivity contribution in [2.45, 2.75) is 10.1 Å². The van der Waals surface area contributed by atoms with E-state index in [4.69, 9.17) is 0 Å². The highest BCUT2D eigenvalue weighted by Gasteiger charge is 2.07. The van der Waals surface area contributed by atoms with Gasteiger partial charge >= 0.3 is 5.97 Å². The zero-order valence-corrected chi connectivity index (χ0v) is 9.85. The molecule has 0 atom stereocenters. The second kappa shape index (κ2) is 5.40. The van der Waals surface area contributed by atoms with Crippen LogP contribution in [0.3, 0.4) is 0 Å². The Morgan fingerprint density at radius 1 is 1.24 bits per heavy atom. The van der Waals surface area contributed by atoms with Crippen molar-refractivity contribution in [3.05, 3.63) is 42.5 Å². The number of rotatable bonds is 3. The Balaban J connectivity index is 2.20. The maximum Gasteiger partial charge on any atom is 0.337 e. The molecule has 0 aliphatic carbocycles. The van der Waals surface area contributed by atoms with Crippen molar-refractivity contribution in [1.82, 2.24) is 15.0 Å². The number of ether oxygens (including phenoxy) is 1. The Morgan fingerprint density at radius 2 is 2.12 bits per heavy atom. The molecule has 0 saturated heterocycles. The van der Waals surface area contributed by atoms with Gasteiger partial charge in [-0.15, -0.1) is 0 Å². The molecule has 0 N–H and O–H groups in total. The van der Waals surface area contributed by atoms with E-state index in [-0.39, 0.29) is 5.97 Å². The SMILES string of the molecule is COC(=O)c1ccnc(Sc2ccncn2)c1. The third-order valence-electron chi connectivity index (χ3n) is 1.92. The second-order valence-electron chi connectivity index (χ2n) is 3.02. The lowest BCUT2D eigenvalue weighted by molar-refractivity contribution is 0.0600. The average molecular weight is 247 g/mol. The van der Waals surface area contributed by atoms with Crippen molar-refractivity contribution in [3.8, 4) is 0 Å². The molecule has 2 aromatic rings. The van der Waals surface area contributed by atoms with Gasteiger partial charge in [-0.3, -0.25) is 0 Å². The fourth-order valence-corrected chi connectivity index (χ4v) is 1.90. The maximum absolute atomic E-state index is 11.3. The standard InChI is InChI=1S/C11H9N3O2S/c1-16-11(15)8-2-5-13-10(6-8)17-9-3-4-12-7-14-9/h2-7H,1H3. The first-order valence-electron chi connectivity index (χ1n) is 4.78. The summed E-state index contributed by atoms with van der Waals surface area (Å²) in [6.45, 7) is 0. The smallest absolute Gasteiger partial charge is 0.337 e. The Kier molecular flexibility index (Phi) is 3.66. The predicted molar refractivity (Wildman–Crippen MR) is 61.7 cm³/mol. The summed E-state index contributed by atoms with van der Waals surface area (Å²) in [5.74, 6) is -0.378. The van der Waals surface area contributed by atoms with E-state index in [0.29, 0.717) is 10.6 Å². The summed E-state index contributed by atoms with van der Waals surface area (Å²) in [5, 5.41) is 1.46. The molecule has 0 fully saturated rings. The van der Waals surface area contributed by atoms with Gasteiger partial charge in [0.05, 0.1) is 12.7 Å². The Labute approximate surface area is 102 Å². The third-order valence-corrected chi connectivity index (χ3v) is 2.80. The highest BCUT2D eigenvalue weighted by molar-refractivity contribution is 7.99. The van der Waals surface area contributed by atoms with Crippen LogP contribution in [0.2, 0.25) is 0 Å². The zero-order valence-electron chi connectivity index (χ0n) is 9.03. The molecule has 0 unspecified atom stereocenters. The van der Waals surface area contributed by atoms with Gasteiger partial charge < -0.3 is 4.74 Å². The fraction of sp³-hybridized carbons (Fsp3) is 0.0909. The van der Waals surface area contributed by atoms with Gasteiger partial charge in [0.15, 0.2) is 0 Å². The number of hydrogen-bond donors (Lipinski definition) is 0. The summed E-state index contributed by atoms with van der Waals surface area (Å²) >= 11 is 1.36. The average Bonchev–Trinajstić information content (AvgIpc) is 2.39. The topological polar surface area (TPSA) is 65.0 Å². The predicted octanol–water partition coefficient (Wildman–Crippen LogP) is 1.81. The molecule has 5 nitrogen and oxygen atoms in total. The molecule has 0 aliphatic heterocycles. The lowest BCUT2D eigenvalue weighted by Crippen LogP contribution is -2.01. The highest BCUT2D eigenvalue weighted by atomic mass is 32.2. The minimum Gasteiger partial charge on any atom is -0.465 e. The Hall–Kier alpha value is -1.95. The van der Waals surface area contributed by atoms with Crippen LogP contribution in [0.1, 0.15) is 10.4 Å². The fourth-order valence-electron chi connectivity index (χ4n) is 1.16. The van der Waals surface area contributed by atoms with Crippen LogP contribution in [0.15, 0.2) is 47.0 Å². The highest BCUT2D eigenvalue weighted by Crippen LogP contribution is 2.23. The number of hydrogen-bond acceptors (Lipinski definition) is 6. The number of methoxy groups -OCH3 is 1. The minimum absolute atomic E-state index is 0.378. The summed E-state index contributed by atoms with van der Waals surface area (Å²) in [6, 6.07) is 5.05. The van der Waals surface area contributed by atoms with Gasteiger partial charge in [0.25, 0.3) is 0 Å². The van der Waals surface area contributed by atoms with E-state index in [1.54, 1.807) is 30.6 Å². The summed E-state index contributed by atoms with van der Waals surface area (Å²) in [5.41, 5.74) is 0.471. The van der Waals surface area contributed by atoms with Crippen molar-refractivity contribution in [2.24, 2.45) is 0 Å². The van der Waals surface area contributed by atoms with Crippen LogP contribution < -0.4 is 0 Å². The maximum atomic E-state index is 11.3. The van der Waals surface area contributed by atoms with Crippen molar-refractivity contribution >= 4 is 17.7 Å². The van der Waals surface area contributed by atoms with E-state index in [2.05, 4.69) is 19.7 Å². The number of nitrogens with zero attached hydrogens (tertiary/aromatic N) is 3. The molecule has 6 heteroatoms. The number of pyridine rings is 1. The number of esters is 1. The van der Waals surface area contributed by atoms with Crippen LogP contribution in [0.4, 0.5) is 0 Å². The molecule has 0 aromatic carbocycles. The van der Waals surface area contributed by atoms with Gasteiger partial charge in [0.2, 0.25) is 0 Å². The molecule has 0 saturated carbocycles. The summed E-state index contributed by atoms with van der Waals surface area (Å²) in [7, 11) is 1.35. The molecule has 86 valence electrons. The molecule has 2 rings (SSSR count).